The monoisotopic (exact) mass is 509 g/mol. The average Bonchev–Trinajstić information content (AvgIpc) is 3.46. The lowest BCUT2D eigenvalue weighted by molar-refractivity contribution is -0.146. The fraction of sp³-hybridized carbons (Fsp3) is 0.500. The largest absolute Gasteiger partial charge is 0.508 e. The highest BCUT2D eigenvalue weighted by atomic mass is 16.6. The summed E-state index contributed by atoms with van der Waals surface area (Å²) in [6.45, 7) is 6.59. The molecule has 0 radical (unpaired) electrons. The molecular formula is C28H35N3O6. The standard InChI is InChI=1S/C28H35N3O6/c32-24-8-7-21(16-28(34)36-20-23-19-35-25-5-1-2-6-26(25)37-23)15-22(24)17-29-11-13-30(14-12-29)18-27(33)31-9-3-4-10-31/h1-2,5-8,15,23,32H,3-4,9-14,16-20H2. The first-order valence-electron chi connectivity index (χ1n) is 13.1. The van der Waals surface area contributed by atoms with Gasteiger partial charge in [0, 0.05) is 51.4 Å². The summed E-state index contributed by atoms with van der Waals surface area (Å²) >= 11 is 0. The molecule has 0 aliphatic carbocycles. The van der Waals surface area contributed by atoms with Crippen LogP contribution < -0.4 is 9.47 Å². The molecule has 0 spiro atoms. The highest BCUT2D eigenvalue weighted by Crippen LogP contribution is 2.31. The van der Waals surface area contributed by atoms with Crippen molar-refractivity contribution in [2.45, 2.75) is 31.9 Å². The van der Waals surface area contributed by atoms with Gasteiger partial charge in [0.05, 0.1) is 13.0 Å². The Morgan fingerprint density at radius 2 is 1.68 bits per heavy atom. The molecule has 1 unspecified atom stereocenters. The molecule has 0 aromatic heterocycles. The maximum absolute atomic E-state index is 12.5. The molecule has 2 aromatic rings. The Morgan fingerprint density at radius 3 is 2.46 bits per heavy atom. The predicted molar refractivity (Wildman–Crippen MR) is 137 cm³/mol. The first-order chi connectivity index (χ1) is 18.0. The molecule has 37 heavy (non-hydrogen) atoms. The van der Waals surface area contributed by atoms with Gasteiger partial charge in [0.15, 0.2) is 17.6 Å². The van der Waals surface area contributed by atoms with Crippen molar-refractivity contribution < 1.29 is 28.9 Å². The fourth-order valence-electron chi connectivity index (χ4n) is 5.03. The third-order valence-electron chi connectivity index (χ3n) is 7.17. The lowest BCUT2D eigenvalue weighted by atomic mass is 10.1. The number of likely N-dealkylation sites (tertiary alicyclic amines) is 1. The molecule has 9 nitrogen and oxygen atoms in total. The number of nitrogens with zero attached hydrogens (tertiary/aromatic N) is 3. The zero-order valence-corrected chi connectivity index (χ0v) is 21.1. The zero-order valence-electron chi connectivity index (χ0n) is 21.1. The third-order valence-corrected chi connectivity index (χ3v) is 7.17. The summed E-state index contributed by atoms with van der Waals surface area (Å²) in [7, 11) is 0. The minimum absolute atomic E-state index is 0.114. The number of phenols is 1. The van der Waals surface area contributed by atoms with E-state index in [4.69, 9.17) is 14.2 Å². The summed E-state index contributed by atoms with van der Waals surface area (Å²) in [4.78, 5) is 31.4. The molecule has 1 amide bonds. The summed E-state index contributed by atoms with van der Waals surface area (Å²) in [6, 6.07) is 12.7. The molecule has 9 heteroatoms. The predicted octanol–water partition coefficient (Wildman–Crippen LogP) is 2.06. The number of para-hydroxylation sites is 2. The number of piperazine rings is 1. The number of ether oxygens (including phenoxy) is 3. The number of amides is 1. The molecule has 2 fully saturated rings. The second-order valence-electron chi connectivity index (χ2n) is 9.96. The molecule has 0 saturated carbocycles. The van der Waals surface area contributed by atoms with Crippen LogP contribution in [-0.2, 0) is 27.3 Å². The van der Waals surface area contributed by atoms with Gasteiger partial charge in [-0.2, -0.15) is 0 Å². The van der Waals surface area contributed by atoms with Crippen LogP contribution in [0.25, 0.3) is 0 Å². The van der Waals surface area contributed by atoms with Crippen molar-refractivity contribution in [1.29, 1.82) is 0 Å². The van der Waals surface area contributed by atoms with Crippen molar-refractivity contribution in [2.75, 3.05) is 59.0 Å². The number of carbonyl (C=O) groups excluding carboxylic acids is 2. The van der Waals surface area contributed by atoms with Crippen LogP contribution >= 0.6 is 0 Å². The Kier molecular flexibility index (Phi) is 8.11. The quantitative estimate of drug-likeness (QED) is 0.541. The molecule has 3 aliphatic rings. The van der Waals surface area contributed by atoms with Gasteiger partial charge in [0.25, 0.3) is 0 Å². The molecule has 5 rings (SSSR count). The Morgan fingerprint density at radius 1 is 0.946 bits per heavy atom. The molecule has 3 heterocycles. The molecule has 198 valence electrons. The van der Waals surface area contributed by atoms with Gasteiger partial charge >= 0.3 is 5.97 Å². The van der Waals surface area contributed by atoms with Crippen LogP contribution in [0.1, 0.15) is 24.0 Å². The number of fused-ring (bicyclic) bond motifs is 1. The summed E-state index contributed by atoms with van der Waals surface area (Å²) < 4.78 is 17.0. The maximum atomic E-state index is 12.5. The number of hydrogen-bond donors (Lipinski definition) is 1. The van der Waals surface area contributed by atoms with Crippen LogP contribution in [0.3, 0.4) is 0 Å². The van der Waals surface area contributed by atoms with Gasteiger partial charge < -0.3 is 24.2 Å². The van der Waals surface area contributed by atoms with Gasteiger partial charge in [0.2, 0.25) is 5.91 Å². The maximum Gasteiger partial charge on any atom is 0.310 e. The highest BCUT2D eigenvalue weighted by molar-refractivity contribution is 5.78. The van der Waals surface area contributed by atoms with Crippen LogP contribution in [0.15, 0.2) is 42.5 Å². The van der Waals surface area contributed by atoms with E-state index in [1.165, 1.54) is 0 Å². The van der Waals surface area contributed by atoms with E-state index in [-0.39, 0.29) is 36.8 Å². The molecule has 0 bridgehead atoms. The van der Waals surface area contributed by atoms with Crippen molar-refractivity contribution in [2.24, 2.45) is 0 Å². The van der Waals surface area contributed by atoms with Gasteiger partial charge in [-0.1, -0.05) is 24.3 Å². The van der Waals surface area contributed by atoms with Crippen LogP contribution in [0.4, 0.5) is 0 Å². The molecule has 1 N–H and O–H groups in total. The lowest BCUT2D eigenvalue weighted by Crippen LogP contribution is -2.49. The van der Waals surface area contributed by atoms with Crippen molar-refractivity contribution in [3.8, 4) is 17.2 Å². The Bertz CT molecular complexity index is 1100. The summed E-state index contributed by atoms with van der Waals surface area (Å²) in [5.74, 6) is 1.44. The average molecular weight is 510 g/mol. The van der Waals surface area contributed by atoms with E-state index in [2.05, 4.69) is 9.80 Å². The van der Waals surface area contributed by atoms with Crippen LogP contribution in [0, 0.1) is 0 Å². The lowest BCUT2D eigenvalue weighted by Gasteiger charge is -2.35. The number of esters is 1. The SMILES string of the molecule is O=C(Cc1ccc(O)c(CN2CCN(CC(=O)N3CCCC3)CC2)c1)OCC1COc2ccccc2O1. The van der Waals surface area contributed by atoms with Gasteiger partial charge in [-0.25, -0.2) is 0 Å². The number of phenolic OH excluding ortho intramolecular Hbond substituents is 1. The Hall–Kier alpha value is -3.30. The van der Waals surface area contributed by atoms with Gasteiger partial charge in [-0.15, -0.1) is 0 Å². The molecule has 1 atom stereocenters. The third kappa shape index (κ3) is 6.72. The normalized spacial score (nSPS) is 20.1. The van der Waals surface area contributed by atoms with Crippen molar-refractivity contribution in [1.82, 2.24) is 14.7 Å². The van der Waals surface area contributed by atoms with Crippen LogP contribution in [0.2, 0.25) is 0 Å². The second-order valence-corrected chi connectivity index (χ2v) is 9.96. The summed E-state index contributed by atoms with van der Waals surface area (Å²) in [5.41, 5.74) is 1.58. The summed E-state index contributed by atoms with van der Waals surface area (Å²) in [5, 5.41) is 10.4. The zero-order chi connectivity index (χ0) is 25.6. The minimum Gasteiger partial charge on any atom is -0.508 e. The van der Waals surface area contributed by atoms with E-state index < -0.39 is 0 Å². The van der Waals surface area contributed by atoms with Gasteiger partial charge in [0.1, 0.15) is 19.0 Å². The Labute approximate surface area is 217 Å². The second kappa shape index (κ2) is 11.8. The minimum atomic E-state index is -0.351. The first kappa shape index (κ1) is 25.4. The van der Waals surface area contributed by atoms with Crippen molar-refractivity contribution in [3.05, 3.63) is 53.6 Å². The first-order valence-corrected chi connectivity index (χ1v) is 13.1. The number of aromatic hydroxyl groups is 1. The topological polar surface area (TPSA) is 91.8 Å². The van der Waals surface area contributed by atoms with Crippen molar-refractivity contribution >= 4 is 11.9 Å². The van der Waals surface area contributed by atoms with E-state index in [1.807, 2.05) is 35.2 Å². The van der Waals surface area contributed by atoms with E-state index >= 15 is 0 Å². The van der Waals surface area contributed by atoms with E-state index in [9.17, 15) is 14.7 Å². The smallest absolute Gasteiger partial charge is 0.310 e. The molecule has 3 aliphatic heterocycles. The highest BCUT2D eigenvalue weighted by Gasteiger charge is 2.25. The van der Waals surface area contributed by atoms with E-state index in [0.29, 0.717) is 31.2 Å². The number of benzene rings is 2. The molecule has 2 saturated heterocycles. The van der Waals surface area contributed by atoms with Gasteiger partial charge in [-0.05, 0) is 36.6 Å². The Balaban J connectivity index is 1.06. The van der Waals surface area contributed by atoms with E-state index in [1.54, 1.807) is 12.1 Å². The summed E-state index contributed by atoms with van der Waals surface area (Å²) in [6.07, 6.45) is 1.99. The van der Waals surface area contributed by atoms with E-state index in [0.717, 1.165) is 63.2 Å². The van der Waals surface area contributed by atoms with Crippen LogP contribution in [0.5, 0.6) is 17.2 Å². The molecular weight excluding hydrogens is 474 g/mol. The number of carbonyl (C=O) groups is 2. The van der Waals surface area contributed by atoms with Gasteiger partial charge in [-0.3, -0.25) is 19.4 Å². The fourth-order valence-corrected chi connectivity index (χ4v) is 5.03. The number of hydrogen-bond acceptors (Lipinski definition) is 8. The van der Waals surface area contributed by atoms with Crippen molar-refractivity contribution in [3.63, 3.8) is 0 Å². The van der Waals surface area contributed by atoms with Crippen LogP contribution in [-0.4, -0.2) is 96.8 Å². The number of rotatable bonds is 8. The molecule has 2 aromatic carbocycles.